The quantitative estimate of drug-likeness (QED) is 0.432. The third-order valence-corrected chi connectivity index (χ3v) is 4.69. The van der Waals surface area contributed by atoms with Crippen LogP contribution in [0.5, 0.6) is 0 Å². The summed E-state index contributed by atoms with van der Waals surface area (Å²) in [5.41, 5.74) is 2.93. The monoisotopic (exact) mass is 302 g/mol. The zero-order valence-corrected chi connectivity index (χ0v) is 12.4. The van der Waals surface area contributed by atoms with Crippen molar-refractivity contribution in [3.63, 3.8) is 0 Å². The van der Waals surface area contributed by atoms with Gasteiger partial charge in [-0.1, -0.05) is 30.3 Å². The molecule has 0 saturated carbocycles. The first-order valence-electron chi connectivity index (χ1n) is 6.31. The van der Waals surface area contributed by atoms with Crippen LogP contribution in [0.3, 0.4) is 0 Å². The highest BCUT2D eigenvalue weighted by Gasteiger charge is 2.13. The van der Waals surface area contributed by atoms with Crippen molar-refractivity contribution in [3.8, 4) is 0 Å². The highest BCUT2D eigenvalue weighted by atomic mass is 32.2. The molecule has 0 aliphatic rings. The van der Waals surface area contributed by atoms with E-state index < -0.39 is 0 Å². The molecule has 6 heteroatoms. The van der Waals surface area contributed by atoms with E-state index >= 15 is 0 Å². The zero-order valence-electron chi connectivity index (χ0n) is 10.7. The smallest absolute Gasteiger partial charge is 0.181 e. The van der Waals surface area contributed by atoms with Gasteiger partial charge in [-0.25, -0.2) is 15.0 Å². The van der Waals surface area contributed by atoms with Crippen molar-refractivity contribution in [1.29, 1.82) is 0 Å². The molecular formula is C14H14N4S2. The number of fused-ring (bicyclic) bond motifs is 1. The Morgan fingerprint density at radius 3 is 2.80 bits per heavy atom. The third kappa shape index (κ3) is 2.81. The lowest BCUT2D eigenvalue weighted by molar-refractivity contribution is 0.896. The van der Waals surface area contributed by atoms with Gasteiger partial charge in [-0.05, 0) is 11.3 Å². The van der Waals surface area contributed by atoms with Crippen LogP contribution in [0.4, 0.5) is 0 Å². The first-order valence-corrected chi connectivity index (χ1v) is 7.93. The second-order valence-corrected chi connectivity index (χ2v) is 5.76. The molecule has 0 aliphatic heterocycles. The Balaban J connectivity index is 1.77. The lowest BCUT2D eigenvalue weighted by atomic mass is 10.0. The Bertz CT molecular complexity index is 684. The van der Waals surface area contributed by atoms with Crippen molar-refractivity contribution >= 4 is 35.6 Å². The van der Waals surface area contributed by atoms with Crippen molar-refractivity contribution in [2.24, 2.45) is 0 Å². The van der Waals surface area contributed by atoms with Gasteiger partial charge in [0.25, 0.3) is 0 Å². The van der Waals surface area contributed by atoms with E-state index in [2.05, 4.69) is 56.8 Å². The summed E-state index contributed by atoms with van der Waals surface area (Å²) in [6, 6.07) is 10.5. The summed E-state index contributed by atoms with van der Waals surface area (Å²) in [4.78, 5) is 15.7. The SMILES string of the molecule is SCC(CSc1ncnc2nc[nH]c12)c1ccccc1. The molecule has 102 valence electrons. The Hall–Kier alpha value is -1.53. The van der Waals surface area contributed by atoms with Crippen LogP contribution in [-0.4, -0.2) is 31.4 Å². The first kappa shape index (κ1) is 13.5. The number of nitrogens with zero attached hydrogens (tertiary/aromatic N) is 3. The van der Waals surface area contributed by atoms with E-state index in [1.54, 1.807) is 24.4 Å². The Labute approximate surface area is 126 Å². The fourth-order valence-corrected chi connectivity index (χ4v) is 3.61. The average Bonchev–Trinajstić information content (AvgIpc) is 2.98. The lowest BCUT2D eigenvalue weighted by Gasteiger charge is -2.14. The molecule has 2 aromatic heterocycles. The first-order chi connectivity index (χ1) is 9.88. The maximum atomic E-state index is 4.47. The maximum Gasteiger partial charge on any atom is 0.181 e. The second kappa shape index (κ2) is 6.28. The number of benzene rings is 1. The van der Waals surface area contributed by atoms with Crippen molar-refractivity contribution in [3.05, 3.63) is 48.5 Å². The Kier molecular flexibility index (Phi) is 4.22. The molecule has 0 fully saturated rings. The summed E-state index contributed by atoms with van der Waals surface area (Å²) < 4.78 is 0. The van der Waals surface area contributed by atoms with Crippen LogP contribution in [0, 0.1) is 0 Å². The van der Waals surface area contributed by atoms with E-state index in [1.165, 1.54) is 5.56 Å². The summed E-state index contributed by atoms with van der Waals surface area (Å²) in [6.07, 6.45) is 3.21. The normalized spacial score (nSPS) is 12.7. The van der Waals surface area contributed by atoms with Gasteiger partial charge in [0.05, 0.1) is 6.33 Å². The Morgan fingerprint density at radius 1 is 1.15 bits per heavy atom. The molecule has 0 amide bonds. The molecule has 1 unspecified atom stereocenters. The van der Waals surface area contributed by atoms with Gasteiger partial charge in [0.2, 0.25) is 0 Å². The second-order valence-electron chi connectivity index (χ2n) is 4.38. The highest BCUT2D eigenvalue weighted by molar-refractivity contribution is 7.99. The third-order valence-electron chi connectivity index (χ3n) is 3.10. The number of imidazole rings is 1. The number of hydrogen-bond donors (Lipinski definition) is 2. The van der Waals surface area contributed by atoms with Crippen molar-refractivity contribution < 1.29 is 0 Å². The fourth-order valence-electron chi connectivity index (χ4n) is 2.01. The van der Waals surface area contributed by atoms with Crippen LogP contribution in [-0.2, 0) is 0 Å². The molecule has 1 aromatic carbocycles. The number of H-pyrrole nitrogens is 1. The molecule has 1 N–H and O–H groups in total. The highest BCUT2D eigenvalue weighted by Crippen LogP contribution is 2.28. The molecule has 3 rings (SSSR count). The van der Waals surface area contributed by atoms with Crippen LogP contribution in [0.15, 0.2) is 48.0 Å². The van der Waals surface area contributed by atoms with E-state index in [9.17, 15) is 0 Å². The number of thiol groups is 1. The average molecular weight is 302 g/mol. The molecule has 2 heterocycles. The molecule has 0 radical (unpaired) electrons. The van der Waals surface area contributed by atoms with Crippen molar-refractivity contribution in [1.82, 2.24) is 19.9 Å². The van der Waals surface area contributed by atoms with Gasteiger partial charge >= 0.3 is 0 Å². The zero-order chi connectivity index (χ0) is 13.8. The van der Waals surface area contributed by atoms with Gasteiger partial charge in [0.15, 0.2) is 5.65 Å². The Morgan fingerprint density at radius 2 is 2.00 bits per heavy atom. The molecule has 0 aliphatic carbocycles. The van der Waals surface area contributed by atoms with E-state index in [0.717, 1.165) is 22.0 Å². The number of thioether (sulfide) groups is 1. The van der Waals surface area contributed by atoms with Crippen LogP contribution in [0.2, 0.25) is 0 Å². The van der Waals surface area contributed by atoms with Gasteiger partial charge in [-0.3, -0.25) is 0 Å². The topological polar surface area (TPSA) is 54.5 Å². The van der Waals surface area contributed by atoms with Crippen LogP contribution >= 0.6 is 24.4 Å². The molecular weight excluding hydrogens is 288 g/mol. The van der Waals surface area contributed by atoms with Gasteiger partial charge in [-0.2, -0.15) is 12.6 Å². The minimum Gasteiger partial charge on any atom is -0.341 e. The molecule has 4 nitrogen and oxygen atoms in total. The van der Waals surface area contributed by atoms with E-state index in [-0.39, 0.29) is 0 Å². The molecule has 3 aromatic rings. The fraction of sp³-hybridized carbons (Fsp3) is 0.214. The minimum atomic E-state index is 0.400. The largest absolute Gasteiger partial charge is 0.341 e. The predicted molar refractivity (Wildman–Crippen MR) is 85.4 cm³/mol. The minimum absolute atomic E-state index is 0.400. The predicted octanol–water partition coefficient (Wildman–Crippen LogP) is 3.16. The maximum absolute atomic E-state index is 4.47. The summed E-state index contributed by atoms with van der Waals surface area (Å²) >= 11 is 6.18. The molecule has 1 atom stereocenters. The van der Waals surface area contributed by atoms with Crippen LogP contribution in [0.1, 0.15) is 11.5 Å². The number of aromatic nitrogens is 4. The van der Waals surface area contributed by atoms with Crippen molar-refractivity contribution in [2.75, 3.05) is 11.5 Å². The van der Waals surface area contributed by atoms with Gasteiger partial charge in [-0.15, -0.1) is 11.8 Å². The number of hydrogen-bond acceptors (Lipinski definition) is 5. The van der Waals surface area contributed by atoms with Gasteiger partial charge in [0, 0.05) is 11.7 Å². The number of nitrogens with one attached hydrogen (secondary N) is 1. The van der Waals surface area contributed by atoms with Crippen LogP contribution < -0.4 is 0 Å². The molecule has 0 spiro atoms. The van der Waals surface area contributed by atoms with Gasteiger partial charge in [0.1, 0.15) is 16.9 Å². The number of aromatic amines is 1. The summed E-state index contributed by atoms with van der Waals surface area (Å²) in [5.74, 6) is 2.14. The summed E-state index contributed by atoms with van der Waals surface area (Å²) in [6.45, 7) is 0. The molecule has 20 heavy (non-hydrogen) atoms. The van der Waals surface area contributed by atoms with Crippen molar-refractivity contribution in [2.45, 2.75) is 10.9 Å². The standard InChI is InChI=1S/C14H14N4S2/c19-6-11(10-4-2-1-3-5-10)7-20-14-12-13(16-8-15-12)17-9-18-14/h1-5,8-9,11,19H,6-7H2,(H,15,16,17,18). The van der Waals surface area contributed by atoms with Gasteiger partial charge < -0.3 is 4.98 Å². The van der Waals surface area contributed by atoms with E-state index in [4.69, 9.17) is 0 Å². The van der Waals surface area contributed by atoms with E-state index in [1.807, 2.05) is 6.07 Å². The molecule has 0 saturated heterocycles. The van der Waals surface area contributed by atoms with E-state index in [0.29, 0.717) is 11.6 Å². The summed E-state index contributed by atoms with van der Waals surface area (Å²) in [5, 5.41) is 0.940. The van der Waals surface area contributed by atoms with Crippen LogP contribution in [0.25, 0.3) is 11.2 Å². The molecule has 0 bridgehead atoms. The summed E-state index contributed by atoms with van der Waals surface area (Å²) in [7, 11) is 0. The number of rotatable bonds is 5. The lowest BCUT2D eigenvalue weighted by Crippen LogP contribution is -2.04.